The molecule has 0 bridgehead atoms. The number of hydrogen-bond donors (Lipinski definition) is 1. The molecule has 3 heterocycles. The lowest BCUT2D eigenvalue weighted by Crippen LogP contribution is -2.38. The van der Waals surface area contributed by atoms with Crippen LogP contribution in [0.15, 0.2) is 24.8 Å². The van der Waals surface area contributed by atoms with Gasteiger partial charge in [-0.15, -0.1) is 5.10 Å². The lowest BCUT2D eigenvalue weighted by Gasteiger charge is -2.24. The normalized spacial score (nSPS) is 24.6. The molecule has 8 heteroatoms. The molecule has 1 aliphatic heterocycles. The van der Waals surface area contributed by atoms with Gasteiger partial charge in [-0.3, -0.25) is 4.98 Å². The van der Waals surface area contributed by atoms with Gasteiger partial charge in [0.25, 0.3) is 0 Å². The van der Waals surface area contributed by atoms with Crippen molar-refractivity contribution in [3.05, 3.63) is 24.8 Å². The Morgan fingerprint density at radius 1 is 1.24 bits per heavy atom. The molecule has 0 radical (unpaired) electrons. The van der Waals surface area contributed by atoms with E-state index in [9.17, 15) is 5.11 Å². The van der Waals surface area contributed by atoms with Crippen molar-refractivity contribution in [2.45, 2.75) is 56.8 Å². The summed E-state index contributed by atoms with van der Waals surface area (Å²) in [5.74, 6) is 1.33. The monoisotopic (exact) mass is 344 g/mol. The first-order chi connectivity index (χ1) is 12.2. The van der Waals surface area contributed by atoms with Gasteiger partial charge < -0.3 is 14.7 Å². The van der Waals surface area contributed by atoms with Crippen LogP contribution < -0.4 is 9.64 Å². The second-order valence-electron chi connectivity index (χ2n) is 7.09. The molecule has 2 aromatic rings. The molecule has 0 aromatic carbocycles. The minimum atomic E-state index is -0.838. The number of rotatable bonds is 5. The zero-order valence-electron chi connectivity index (χ0n) is 14.3. The topological polar surface area (TPSA) is 89.2 Å². The fourth-order valence-corrected chi connectivity index (χ4v) is 3.70. The summed E-state index contributed by atoms with van der Waals surface area (Å²) in [4.78, 5) is 10.9. The summed E-state index contributed by atoms with van der Waals surface area (Å²) in [5, 5.41) is 18.5. The van der Waals surface area contributed by atoms with E-state index in [0.717, 1.165) is 25.2 Å². The zero-order chi connectivity index (χ0) is 17.1. The molecule has 0 amide bonds. The van der Waals surface area contributed by atoms with Crippen LogP contribution in [0.4, 0.5) is 5.82 Å². The fourth-order valence-electron chi connectivity index (χ4n) is 3.70. The molecule has 4 rings (SSSR count). The Kier molecular flexibility index (Phi) is 4.52. The predicted molar refractivity (Wildman–Crippen MR) is 91.3 cm³/mol. The first kappa shape index (κ1) is 16.3. The lowest BCUT2D eigenvalue weighted by molar-refractivity contribution is 0.0408. The maximum atomic E-state index is 10.8. The Bertz CT molecular complexity index is 688. The van der Waals surface area contributed by atoms with Crippen molar-refractivity contribution in [2.75, 3.05) is 18.0 Å². The molecule has 1 saturated carbocycles. The highest BCUT2D eigenvalue weighted by atomic mass is 16.5. The van der Waals surface area contributed by atoms with Crippen LogP contribution in [0.5, 0.6) is 5.88 Å². The summed E-state index contributed by atoms with van der Waals surface area (Å²) in [6, 6.07) is 0. The Morgan fingerprint density at radius 3 is 2.92 bits per heavy atom. The van der Waals surface area contributed by atoms with Gasteiger partial charge in [-0.05, 0) is 32.1 Å². The molecule has 1 aliphatic carbocycles. The molecule has 2 fully saturated rings. The minimum absolute atomic E-state index is 0.251. The van der Waals surface area contributed by atoms with E-state index >= 15 is 0 Å². The largest absolute Gasteiger partial charge is 0.473 e. The Morgan fingerprint density at radius 2 is 2.12 bits per heavy atom. The maximum absolute atomic E-state index is 10.8. The summed E-state index contributed by atoms with van der Waals surface area (Å²) in [7, 11) is 0. The van der Waals surface area contributed by atoms with E-state index < -0.39 is 5.60 Å². The molecular weight excluding hydrogens is 320 g/mol. The van der Waals surface area contributed by atoms with E-state index in [2.05, 4.69) is 25.2 Å². The zero-order valence-corrected chi connectivity index (χ0v) is 14.3. The second-order valence-corrected chi connectivity index (χ2v) is 7.09. The lowest BCUT2D eigenvalue weighted by atomic mass is 9.98. The number of β-amino-alcohol motifs (C(OH)–C–C–N with tert-alkyl or cyclic N) is 1. The summed E-state index contributed by atoms with van der Waals surface area (Å²) in [6.07, 6.45) is 13.6. The van der Waals surface area contributed by atoms with E-state index in [-0.39, 0.29) is 6.10 Å². The van der Waals surface area contributed by atoms with Crippen molar-refractivity contribution in [2.24, 2.45) is 0 Å². The Labute approximate surface area is 146 Å². The van der Waals surface area contributed by atoms with Crippen LogP contribution in [0, 0.1) is 0 Å². The van der Waals surface area contributed by atoms with Gasteiger partial charge in [-0.1, -0.05) is 11.6 Å². The summed E-state index contributed by atoms with van der Waals surface area (Å²) >= 11 is 0. The van der Waals surface area contributed by atoms with E-state index in [4.69, 9.17) is 4.74 Å². The third-order valence-electron chi connectivity index (χ3n) is 5.02. The third kappa shape index (κ3) is 3.89. The Hall–Kier alpha value is -2.22. The first-order valence-corrected chi connectivity index (χ1v) is 9.00. The molecule has 1 saturated heterocycles. The molecule has 134 valence electrons. The predicted octanol–water partition coefficient (Wildman–Crippen LogP) is 1.42. The maximum Gasteiger partial charge on any atom is 0.234 e. The van der Waals surface area contributed by atoms with Gasteiger partial charge in [-0.25, -0.2) is 4.68 Å². The summed E-state index contributed by atoms with van der Waals surface area (Å²) in [5.41, 5.74) is -0.838. The number of ether oxygens (including phenoxy) is 1. The quantitative estimate of drug-likeness (QED) is 0.877. The van der Waals surface area contributed by atoms with Gasteiger partial charge in [0, 0.05) is 12.7 Å². The van der Waals surface area contributed by atoms with Crippen molar-refractivity contribution < 1.29 is 9.84 Å². The van der Waals surface area contributed by atoms with Gasteiger partial charge >= 0.3 is 0 Å². The molecule has 1 N–H and O–H groups in total. The summed E-state index contributed by atoms with van der Waals surface area (Å²) in [6.45, 7) is 1.65. The third-order valence-corrected chi connectivity index (χ3v) is 5.02. The van der Waals surface area contributed by atoms with Crippen LogP contribution >= 0.6 is 0 Å². The van der Waals surface area contributed by atoms with Crippen molar-refractivity contribution in [1.82, 2.24) is 25.0 Å². The van der Waals surface area contributed by atoms with Crippen LogP contribution in [-0.2, 0) is 6.54 Å². The number of aliphatic hydroxyl groups is 1. The number of nitrogens with zero attached hydrogens (tertiary/aromatic N) is 6. The van der Waals surface area contributed by atoms with Crippen LogP contribution in [0.1, 0.15) is 38.5 Å². The van der Waals surface area contributed by atoms with Crippen molar-refractivity contribution in [3.8, 4) is 5.88 Å². The van der Waals surface area contributed by atoms with Crippen molar-refractivity contribution >= 4 is 5.82 Å². The summed E-state index contributed by atoms with van der Waals surface area (Å²) < 4.78 is 7.67. The first-order valence-electron chi connectivity index (χ1n) is 9.00. The van der Waals surface area contributed by atoms with Crippen LogP contribution in [-0.4, -0.2) is 54.9 Å². The van der Waals surface area contributed by atoms with E-state index in [1.165, 1.54) is 19.3 Å². The van der Waals surface area contributed by atoms with Gasteiger partial charge in [0.15, 0.2) is 5.82 Å². The second kappa shape index (κ2) is 6.95. The van der Waals surface area contributed by atoms with Crippen LogP contribution in [0.3, 0.4) is 0 Å². The number of hydrogen-bond acceptors (Lipinski definition) is 7. The molecule has 25 heavy (non-hydrogen) atoms. The van der Waals surface area contributed by atoms with Gasteiger partial charge in [0.05, 0.1) is 31.7 Å². The highest BCUT2D eigenvalue weighted by molar-refractivity contribution is 5.40. The van der Waals surface area contributed by atoms with E-state index in [1.54, 1.807) is 29.5 Å². The van der Waals surface area contributed by atoms with E-state index in [1.807, 2.05) is 0 Å². The molecular formula is C17H24N6O2. The highest BCUT2D eigenvalue weighted by Crippen LogP contribution is 2.28. The van der Waals surface area contributed by atoms with Gasteiger partial charge in [-0.2, -0.15) is 4.98 Å². The molecule has 1 unspecified atom stereocenters. The SMILES string of the molecule is OC1(Cn2ccnn2)CCN(c2cncc(OC3CCCCC3)n2)C1. The molecule has 2 aromatic heterocycles. The molecule has 2 aliphatic rings. The standard InChI is InChI=1S/C17H24N6O2/c24-17(13-23-9-7-19-21-23)6-8-22(12-17)15-10-18-11-16(20-15)25-14-4-2-1-3-5-14/h7,9-11,14,24H,1-6,8,12-13H2. The molecule has 8 nitrogen and oxygen atoms in total. The van der Waals surface area contributed by atoms with Crippen molar-refractivity contribution in [1.29, 1.82) is 0 Å². The highest BCUT2D eigenvalue weighted by Gasteiger charge is 2.37. The molecule has 0 spiro atoms. The average Bonchev–Trinajstić information content (AvgIpc) is 3.26. The van der Waals surface area contributed by atoms with Crippen molar-refractivity contribution in [3.63, 3.8) is 0 Å². The van der Waals surface area contributed by atoms with E-state index in [0.29, 0.717) is 25.4 Å². The van der Waals surface area contributed by atoms with Gasteiger partial charge in [0.2, 0.25) is 5.88 Å². The number of anilines is 1. The minimum Gasteiger partial charge on any atom is -0.473 e. The Balaban J connectivity index is 1.41. The van der Waals surface area contributed by atoms with Crippen LogP contribution in [0.2, 0.25) is 0 Å². The molecule has 1 atom stereocenters. The number of aromatic nitrogens is 5. The fraction of sp³-hybridized carbons (Fsp3) is 0.647. The van der Waals surface area contributed by atoms with Gasteiger partial charge in [0.1, 0.15) is 11.7 Å². The smallest absolute Gasteiger partial charge is 0.234 e. The van der Waals surface area contributed by atoms with Crippen LogP contribution in [0.25, 0.3) is 0 Å². The average molecular weight is 344 g/mol.